The van der Waals surface area contributed by atoms with Crippen LogP contribution in [0.4, 0.5) is 8.78 Å². The number of ether oxygens (including phenoxy) is 1. The van der Waals surface area contributed by atoms with E-state index >= 15 is 0 Å². The van der Waals surface area contributed by atoms with Gasteiger partial charge in [0.1, 0.15) is 12.1 Å². The lowest BCUT2D eigenvalue weighted by molar-refractivity contribution is 0.0474. The summed E-state index contributed by atoms with van der Waals surface area (Å²) in [5.74, 6) is -2.15. The van der Waals surface area contributed by atoms with Gasteiger partial charge in [-0.1, -0.05) is 0 Å². The second kappa shape index (κ2) is 4.79. The van der Waals surface area contributed by atoms with E-state index in [1.807, 2.05) is 0 Å². The van der Waals surface area contributed by atoms with Gasteiger partial charge in [-0.15, -0.1) is 0 Å². The van der Waals surface area contributed by atoms with Crippen molar-refractivity contribution in [2.24, 2.45) is 0 Å². The van der Waals surface area contributed by atoms with Crippen LogP contribution in [-0.2, 0) is 0 Å². The lowest BCUT2D eigenvalue weighted by Crippen LogP contribution is -2.41. The highest BCUT2D eigenvalue weighted by Crippen LogP contribution is 2.23. The highest BCUT2D eigenvalue weighted by atomic mass is 19.1. The molecule has 0 N–H and O–H groups in total. The summed E-state index contributed by atoms with van der Waals surface area (Å²) in [6.07, 6.45) is 4.25. The molecule has 0 amide bonds. The molecule has 100 valence electrons. The molecule has 0 saturated carbocycles. The zero-order valence-corrected chi connectivity index (χ0v) is 10.4. The van der Waals surface area contributed by atoms with Crippen LogP contribution in [0.3, 0.4) is 0 Å². The summed E-state index contributed by atoms with van der Waals surface area (Å²) < 4.78 is 32.8. The van der Waals surface area contributed by atoms with Crippen LogP contribution in [0.25, 0.3) is 0 Å². The summed E-state index contributed by atoms with van der Waals surface area (Å²) in [6.45, 7) is 3.00. The van der Waals surface area contributed by atoms with Crippen LogP contribution >= 0.6 is 0 Å². The number of benzene rings is 1. The van der Waals surface area contributed by atoms with Crippen molar-refractivity contribution in [3.8, 4) is 5.75 Å². The summed E-state index contributed by atoms with van der Waals surface area (Å²) in [5.41, 5.74) is -1.31. The van der Waals surface area contributed by atoms with Crippen LogP contribution in [0.15, 0.2) is 36.9 Å². The van der Waals surface area contributed by atoms with Gasteiger partial charge in [-0.3, -0.25) is 9.36 Å². The maximum atomic E-state index is 13.5. The predicted octanol–water partition coefficient (Wildman–Crippen LogP) is 2.66. The summed E-state index contributed by atoms with van der Waals surface area (Å²) in [4.78, 5) is 15.9. The Hall–Kier alpha value is -2.24. The molecule has 19 heavy (non-hydrogen) atoms. The average Bonchev–Trinajstić information content (AvgIpc) is 2.85. The number of imidazole rings is 1. The van der Waals surface area contributed by atoms with E-state index in [2.05, 4.69) is 4.98 Å². The number of carbonyl (C=O) groups excluding carboxylic acids is 1. The summed E-state index contributed by atoms with van der Waals surface area (Å²) in [6, 6.07) is 2.91. The van der Waals surface area contributed by atoms with Crippen molar-refractivity contribution >= 4 is 5.91 Å². The number of hydrogen-bond acceptors (Lipinski definition) is 3. The second-order valence-electron chi connectivity index (χ2n) is 4.46. The minimum Gasteiger partial charge on any atom is -0.475 e. The van der Waals surface area contributed by atoms with Gasteiger partial charge in [0.05, 0.1) is 0 Å². The quantitative estimate of drug-likeness (QED) is 0.857. The maximum Gasteiger partial charge on any atom is 0.275 e. The SMILES string of the molecule is CC(C)(Oc1ccc(F)cc1F)C(=O)n1ccnc1. The van der Waals surface area contributed by atoms with E-state index in [0.29, 0.717) is 6.07 Å². The van der Waals surface area contributed by atoms with Crippen molar-refractivity contribution in [1.29, 1.82) is 0 Å². The summed E-state index contributed by atoms with van der Waals surface area (Å²) >= 11 is 0. The molecule has 0 bridgehead atoms. The fraction of sp³-hybridized carbons (Fsp3) is 0.231. The third-order valence-electron chi connectivity index (χ3n) is 2.51. The van der Waals surface area contributed by atoms with E-state index in [0.717, 1.165) is 12.1 Å². The van der Waals surface area contributed by atoms with Gasteiger partial charge < -0.3 is 4.74 Å². The Kier molecular flexibility index (Phi) is 3.33. The fourth-order valence-electron chi connectivity index (χ4n) is 1.57. The molecule has 1 aromatic heterocycles. The fourth-order valence-corrected chi connectivity index (χ4v) is 1.57. The highest BCUT2D eigenvalue weighted by Gasteiger charge is 2.32. The Labute approximate surface area is 108 Å². The van der Waals surface area contributed by atoms with Crippen LogP contribution in [0, 0.1) is 11.6 Å². The van der Waals surface area contributed by atoms with Crippen LogP contribution < -0.4 is 4.74 Å². The standard InChI is InChI=1S/C13H12F2N2O2/c1-13(2,12(18)17-6-5-16-8-17)19-11-4-3-9(14)7-10(11)15/h3-8H,1-2H3. The third-order valence-corrected chi connectivity index (χ3v) is 2.51. The van der Waals surface area contributed by atoms with Crippen LogP contribution in [0.5, 0.6) is 5.75 Å². The van der Waals surface area contributed by atoms with Crippen LogP contribution in [0.2, 0.25) is 0 Å². The van der Waals surface area contributed by atoms with Crippen molar-refractivity contribution in [3.63, 3.8) is 0 Å². The number of nitrogens with zero attached hydrogens (tertiary/aromatic N) is 2. The minimum absolute atomic E-state index is 0.181. The first-order valence-corrected chi connectivity index (χ1v) is 5.57. The van der Waals surface area contributed by atoms with Gasteiger partial charge >= 0.3 is 0 Å². The molecular weight excluding hydrogens is 254 g/mol. The average molecular weight is 266 g/mol. The lowest BCUT2D eigenvalue weighted by Gasteiger charge is -2.25. The van der Waals surface area contributed by atoms with E-state index < -0.39 is 23.1 Å². The van der Waals surface area contributed by atoms with Gasteiger partial charge in [0.15, 0.2) is 17.2 Å². The molecule has 0 fully saturated rings. The molecule has 2 rings (SSSR count). The van der Waals surface area contributed by atoms with E-state index in [9.17, 15) is 13.6 Å². The Balaban J connectivity index is 2.23. The largest absolute Gasteiger partial charge is 0.475 e. The summed E-state index contributed by atoms with van der Waals surface area (Å²) in [5, 5.41) is 0. The van der Waals surface area contributed by atoms with Gasteiger partial charge in [0.2, 0.25) is 0 Å². The van der Waals surface area contributed by atoms with Crippen LogP contribution in [0.1, 0.15) is 18.6 Å². The number of halogens is 2. The van der Waals surface area contributed by atoms with Gasteiger partial charge in [-0.2, -0.15) is 0 Å². The number of hydrogen-bond donors (Lipinski definition) is 0. The van der Waals surface area contributed by atoms with Gasteiger partial charge in [-0.05, 0) is 26.0 Å². The minimum atomic E-state index is -1.31. The zero-order valence-electron chi connectivity index (χ0n) is 10.4. The lowest BCUT2D eigenvalue weighted by atomic mass is 10.1. The monoisotopic (exact) mass is 266 g/mol. The smallest absolute Gasteiger partial charge is 0.275 e. The molecule has 0 atom stereocenters. The molecule has 0 unspecified atom stereocenters. The molecule has 0 aliphatic rings. The molecule has 6 heteroatoms. The van der Waals surface area contributed by atoms with Gasteiger partial charge in [-0.25, -0.2) is 13.8 Å². The predicted molar refractivity (Wildman–Crippen MR) is 63.9 cm³/mol. The van der Waals surface area contributed by atoms with E-state index in [1.165, 1.54) is 37.1 Å². The van der Waals surface area contributed by atoms with Crippen molar-refractivity contribution in [3.05, 3.63) is 48.6 Å². The molecule has 0 radical (unpaired) electrons. The van der Waals surface area contributed by atoms with Crippen molar-refractivity contribution in [2.75, 3.05) is 0 Å². The van der Waals surface area contributed by atoms with Crippen molar-refractivity contribution in [2.45, 2.75) is 19.4 Å². The molecule has 0 aliphatic heterocycles. The maximum absolute atomic E-state index is 13.5. The molecule has 1 aromatic carbocycles. The normalized spacial score (nSPS) is 11.4. The van der Waals surface area contributed by atoms with Crippen molar-refractivity contribution in [1.82, 2.24) is 9.55 Å². The Morgan fingerprint density at radius 3 is 2.68 bits per heavy atom. The first kappa shape index (κ1) is 13.2. The second-order valence-corrected chi connectivity index (χ2v) is 4.46. The molecule has 0 spiro atoms. The van der Waals surface area contributed by atoms with E-state index in [1.54, 1.807) is 0 Å². The van der Waals surface area contributed by atoms with E-state index in [4.69, 9.17) is 4.74 Å². The number of rotatable bonds is 3. The Bertz CT molecular complexity index is 595. The molecule has 1 heterocycles. The number of carbonyl (C=O) groups is 1. The molecule has 0 aliphatic carbocycles. The molecular formula is C13H12F2N2O2. The van der Waals surface area contributed by atoms with E-state index in [-0.39, 0.29) is 5.75 Å². The van der Waals surface area contributed by atoms with Gasteiger partial charge in [0.25, 0.3) is 5.91 Å². The van der Waals surface area contributed by atoms with Crippen molar-refractivity contribution < 1.29 is 18.3 Å². The summed E-state index contributed by atoms with van der Waals surface area (Å²) in [7, 11) is 0. The first-order valence-electron chi connectivity index (χ1n) is 5.57. The molecule has 0 saturated heterocycles. The van der Waals surface area contributed by atoms with Crippen LogP contribution in [-0.4, -0.2) is 21.1 Å². The Morgan fingerprint density at radius 2 is 2.11 bits per heavy atom. The highest BCUT2D eigenvalue weighted by molar-refractivity contribution is 5.86. The topological polar surface area (TPSA) is 44.1 Å². The van der Waals surface area contributed by atoms with Gasteiger partial charge in [0, 0.05) is 18.5 Å². The Morgan fingerprint density at radius 1 is 1.37 bits per heavy atom. The molecule has 4 nitrogen and oxygen atoms in total. The first-order chi connectivity index (χ1) is 8.90. The molecule has 2 aromatic rings. The zero-order chi connectivity index (χ0) is 14.0. The number of aromatic nitrogens is 2. The third kappa shape index (κ3) is 2.78.